The summed E-state index contributed by atoms with van der Waals surface area (Å²) >= 11 is 0. The Balaban J connectivity index is 1.92. The van der Waals surface area contributed by atoms with Gasteiger partial charge in [0.25, 0.3) is 0 Å². The zero-order valence-electron chi connectivity index (χ0n) is 10.3. The summed E-state index contributed by atoms with van der Waals surface area (Å²) in [7, 11) is 0. The third-order valence-corrected chi connectivity index (χ3v) is 3.53. The average molecular weight is 239 g/mol. The summed E-state index contributed by atoms with van der Waals surface area (Å²) in [4.78, 5) is 6.73. The molecule has 0 saturated carbocycles. The Morgan fingerprint density at radius 1 is 1.11 bits per heavy atom. The van der Waals surface area contributed by atoms with Crippen molar-refractivity contribution in [2.24, 2.45) is 5.73 Å². The molecule has 0 fully saturated rings. The van der Waals surface area contributed by atoms with Crippen LogP contribution in [0.15, 0.2) is 42.6 Å². The van der Waals surface area contributed by atoms with Gasteiger partial charge in [0.05, 0.1) is 11.4 Å². The van der Waals surface area contributed by atoms with Crippen molar-refractivity contribution in [3.05, 3.63) is 59.4 Å². The number of anilines is 1. The number of hydrogen-bond acceptors (Lipinski definition) is 3. The van der Waals surface area contributed by atoms with E-state index in [4.69, 9.17) is 5.73 Å². The molecule has 0 atom stereocenters. The predicted octanol–water partition coefficient (Wildman–Crippen LogP) is 2.10. The summed E-state index contributed by atoms with van der Waals surface area (Å²) < 4.78 is 0. The van der Waals surface area contributed by atoms with Crippen LogP contribution >= 0.6 is 0 Å². The number of hydrogen-bond donors (Lipinski definition) is 1. The van der Waals surface area contributed by atoms with Crippen molar-refractivity contribution in [2.75, 3.05) is 11.4 Å². The number of nitrogens with two attached hydrogens (primary N) is 1. The number of rotatable bonds is 2. The molecule has 0 radical (unpaired) electrons. The first-order valence-corrected chi connectivity index (χ1v) is 6.34. The fourth-order valence-corrected chi connectivity index (χ4v) is 2.58. The molecule has 2 heterocycles. The summed E-state index contributed by atoms with van der Waals surface area (Å²) in [6.45, 7) is 2.49. The first-order valence-electron chi connectivity index (χ1n) is 6.34. The molecule has 3 nitrogen and oxygen atoms in total. The third-order valence-electron chi connectivity index (χ3n) is 3.53. The molecule has 92 valence electrons. The van der Waals surface area contributed by atoms with E-state index in [0.717, 1.165) is 25.2 Å². The Hall–Kier alpha value is -1.87. The van der Waals surface area contributed by atoms with E-state index in [1.165, 1.54) is 16.8 Å². The van der Waals surface area contributed by atoms with Crippen molar-refractivity contribution in [1.82, 2.24) is 4.98 Å². The van der Waals surface area contributed by atoms with E-state index < -0.39 is 0 Å². The van der Waals surface area contributed by atoms with Crippen LogP contribution in [0.5, 0.6) is 0 Å². The van der Waals surface area contributed by atoms with Gasteiger partial charge in [-0.2, -0.15) is 0 Å². The van der Waals surface area contributed by atoms with Crippen LogP contribution in [0.3, 0.4) is 0 Å². The Labute approximate surface area is 107 Å². The highest BCUT2D eigenvalue weighted by atomic mass is 15.1. The van der Waals surface area contributed by atoms with Crippen LogP contribution in [-0.4, -0.2) is 11.5 Å². The largest absolute Gasteiger partial charge is 0.365 e. The van der Waals surface area contributed by atoms with E-state index >= 15 is 0 Å². The van der Waals surface area contributed by atoms with E-state index in [2.05, 4.69) is 40.2 Å². The zero-order chi connectivity index (χ0) is 12.4. The molecular formula is C15H17N3. The molecule has 1 aliphatic heterocycles. The highest BCUT2D eigenvalue weighted by molar-refractivity contribution is 5.52. The van der Waals surface area contributed by atoms with Gasteiger partial charge in [0, 0.05) is 25.8 Å². The fraction of sp³-hybridized carbons (Fsp3) is 0.267. The maximum atomic E-state index is 5.76. The van der Waals surface area contributed by atoms with Crippen molar-refractivity contribution in [3.63, 3.8) is 0 Å². The van der Waals surface area contributed by atoms with Gasteiger partial charge in [-0.15, -0.1) is 0 Å². The molecule has 2 aromatic rings. The molecule has 0 spiro atoms. The van der Waals surface area contributed by atoms with Crippen LogP contribution in [-0.2, 0) is 19.5 Å². The molecule has 3 rings (SSSR count). The Morgan fingerprint density at radius 2 is 1.94 bits per heavy atom. The number of fused-ring (bicyclic) bond motifs is 1. The Morgan fingerprint density at radius 3 is 2.78 bits per heavy atom. The number of pyridine rings is 1. The molecule has 3 heteroatoms. The maximum absolute atomic E-state index is 5.76. The SMILES string of the molecule is NCc1ncccc1N1CCc2ccccc2C1. The van der Waals surface area contributed by atoms with E-state index in [1.54, 1.807) is 0 Å². The molecule has 0 aliphatic carbocycles. The van der Waals surface area contributed by atoms with E-state index in [0.29, 0.717) is 6.54 Å². The first-order chi connectivity index (χ1) is 8.88. The first kappa shape index (κ1) is 11.2. The van der Waals surface area contributed by atoms with Crippen molar-refractivity contribution >= 4 is 5.69 Å². The van der Waals surface area contributed by atoms with Crippen LogP contribution in [0.2, 0.25) is 0 Å². The molecule has 0 saturated heterocycles. The fourth-order valence-electron chi connectivity index (χ4n) is 2.58. The van der Waals surface area contributed by atoms with Crippen LogP contribution in [0.4, 0.5) is 5.69 Å². The minimum atomic E-state index is 0.494. The molecule has 1 aromatic carbocycles. The Bertz CT molecular complexity index is 551. The van der Waals surface area contributed by atoms with Crippen molar-refractivity contribution in [3.8, 4) is 0 Å². The molecule has 1 aliphatic rings. The van der Waals surface area contributed by atoms with Crippen LogP contribution in [0.1, 0.15) is 16.8 Å². The van der Waals surface area contributed by atoms with Crippen LogP contribution in [0.25, 0.3) is 0 Å². The normalized spacial score (nSPS) is 14.4. The van der Waals surface area contributed by atoms with Crippen molar-refractivity contribution in [1.29, 1.82) is 0 Å². The van der Waals surface area contributed by atoms with Crippen molar-refractivity contribution < 1.29 is 0 Å². The standard InChI is InChI=1S/C15H17N3/c16-10-14-15(6-3-8-17-14)18-9-7-12-4-1-2-5-13(12)11-18/h1-6,8H,7,9-11,16H2. The second-order valence-corrected chi connectivity index (χ2v) is 4.61. The lowest BCUT2D eigenvalue weighted by molar-refractivity contribution is 0.723. The van der Waals surface area contributed by atoms with E-state index in [1.807, 2.05) is 12.3 Å². The second kappa shape index (κ2) is 4.78. The van der Waals surface area contributed by atoms with Gasteiger partial charge >= 0.3 is 0 Å². The molecule has 1 aromatic heterocycles. The smallest absolute Gasteiger partial charge is 0.0772 e. The number of nitrogens with zero attached hydrogens (tertiary/aromatic N) is 2. The summed E-state index contributed by atoms with van der Waals surface area (Å²) in [5.41, 5.74) is 10.8. The van der Waals surface area contributed by atoms with Crippen LogP contribution in [0, 0.1) is 0 Å². The minimum absolute atomic E-state index is 0.494. The number of benzene rings is 1. The molecule has 0 bridgehead atoms. The molecular weight excluding hydrogens is 222 g/mol. The Kier molecular flexibility index (Phi) is 2.99. The predicted molar refractivity (Wildman–Crippen MR) is 73.3 cm³/mol. The topological polar surface area (TPSA) is 42.1 Å². The van der Waals surface area contributed by atoms with Gasteiger partial charge < -0.3 is 10.6 Å². The molecule has 0 unspecified atom stereocenters. The zero-order valence-corrected chi connectivity index (χ0v) is 10.3. The third kappa shape index (κ3) is 1.97. The van der Waals surface area contributed by atoms with Gasteiger partial charge in [0.1, 0.15) is 0 Å². The lowest BCUT2D eigenvalue weighted by Gasteiger charge is -2.31. The average Bonchev–Trinajstić information content (AvgIpc) is 2.46. The van der Waals surface area contributed by atoms with Crippen LogP contribution < -0.4 is 10.6 Å². The highest BCUT2D eigenvalue weighted by Crippen LogP contribution is 2.25. The lowest BCUT2D eigenvalue weighted by atomic mass is 9.99. The second-order valence-electron chi connectivity index (χ2n) is 4.61. The summed E-state index contributed by atoms with van der Waals surface area (Å²) in [6.07, 6.45) is 2.90. The summed E-state index contributed by atoms with van der Waals surface area (Å²) in [5.74, 6) is 0. The quantitative estimate of drug-likeness (QED) is 0.872. The van der Waals surface area contributed by atoms with Crippen molar-refractivity contribution in [2.45, 2.75) is 19.5 Å². The van der Waals surface area contributed by atoms with Gasteiger partial charge in [-0.3, -0.25) is 4.98 Å². The maximum Gasteiger partial charge on any atom is 0.0772 e. The van der Waals surface area contributed by atoms with Gasteiger partial charge in [0.15, 0.2) is 0 Å². The van der Waals surface area contributed by atoms with E-state index in [-0.39, 0.29) is 0 Å². The number of aromatic nitrogens is 1. The van der Waals surface area contributed by atoms with Gasteiger partial charge in [0.2, 0.25) is 0 Å². The monoisotopic (exact) mass is 239 g/mol. The van der Waals surface area contributed by atoms with E-state index in [9.17, 15) is 0 Å². The molecule has 2 N–H and O–H groups in total. The molecule has 18 heavy (non-hydrogen) atoms. The van der Waals surface area contributed by atoms with Gasteiger partial charge in [-0.25, -0.2) is 0 Å². The van der Waals surface area contributed by atoms with Gasteiger partial charge in [-0.1, -0.05) is 24.3 Å². The highest BCUT2D eigenvalue weighted by Gasteiger charge is 2.18. The summed E-state index contributed by atoms with van der Waals surface area (Å²) in [5, 5.41) is 0. The molecule has 0 amide bonds. The van der Waals surface area contributed by atoms with Gasteiger partial charge in [-0.05, 0) is 29.7 Å². The summed E-state index contributed by atoms with van der Waals surface area (Å²) in [6, 6.07) is 12.7. The minimum Gasteiger partial charge on any atom is -0.365 e. The lowest BCUT2D eigenvalue weighted by Crippen LogP contribution is -2.31.